The van der Waals surface area contributed by atoms with Crippen LogP contribution in [0.3, 0.4) is 0 Å². The molecule has 2 aromatic carbocycles. The van der Waals surface area contributed by atoms with E-state index in [4.69, 9.17) is 27.9 Å². The summed E-state index contributed by atoms with van der Waals surface area (Å²) < 4.78 is 5.09. The van der Waals surface area contributed by atoms with Crippen LogP contribution in [-0.4, -0.2) is 30.4 Å². The van der Waals surface area contributed by atoms with Crippen molar-refractivity contribution in [1.82, 2.24) is 4.90 Å². The largest absolute Gasteiger partial charge is 0.495 e. The summed E-state index contributed by atoms with van der Waals surface area (Å²) in [5.74, 6) is -0.142. The molecule has 1 heterocycles. The molecule has 1 atom stereocenters. The molecule has 1 fully saturated rings. The Hall–Kier alpha value is -2.24. The smallest absolute Gasteiger partial charge is 0.229 e. The van der Waals surface area contributed by atoms with Crippen LogP contribution in [0.5, 0.6) is 5.75 Å². The normalized spacial score (nSPS) is 16.7. The molecule has 0 spiro atoms. The van der Waals surface area contributed by atoms with Crippen LogP contribution in [0, 0.1) is 5.92 Å². The zero-order chi connectivity index (χ0) is 18.7. The van der Waals surface area contributed by atoms with Gasteiger partial charge in [-0.2, -0.15) is 0 Å². The maximum atomic E-state index is 12.5. The first-order valence-corrected chi connectivity index (χ1v) is 8.89. The van der Waals surface area contributed by atoms with Crippen molar-refractivity contribution in [2.24, 2.45) is 5.92 Å². The Morgan fingerprint density at radius 3 is 2.69 bits per heavy atom. The number of ether oxygens (including phenoxy) is 1. The average Bonchev–Trinajstić information content (AvgIpc) is 2.98. The van der Waals surface area contributed by atoms with Crippen LogP contribution in [0.25, 0.3) is 0 Å². The van der Waals surface area contributed by atoms with Gasteiger partial charge in [0.05, 0.1) is 18.1 Å². The minimum atomic E-state index is -0.411. The van der Waals surface area contributed by atoms with Gasteiger partial charge in [-0.25, -0.2) is 0 Å². The molecule has 136 valence electrons. The van der Waals surface area contributed by atoms with Crippen LogP contribution in [-0.2, 0) is 16.1 Å². The van der Waals surface area contributed by atoms with E-state index in [2.05, 4.69) is 5.32 Å². The maximum absolute atomic E-state index is 12.5. The molecule has 1 unspecified atom stereocenters. The third kappa shape index (κ3) is 4.11. The van der Waals surface area contributed by atoms with Crippen LogP contribution in [0.2, 0.25) is 10.0 Å². The van der Waals surface area contributed by atoms with Gasteiger partial charge in [0, 0.05) is 30.2 Å². The number of anilines is 1. The lowest BCUT2D eigenvalue weighted by Gasteiger charge is -2.17. The van der Waals surface area contributed by atoms with Gasteiger partial charge in [-0.3, -0.25) is 9.59 Å². The molecule has 1 aliphatic rings. The van der Waals surface area contributed by atoms with E-state index in [9.17, 15) is 9.59 Å². The molecular formula is C19H18Cl2N2O3. The third-order valence-electron chi connectivity index (χ3n) is 4.32. The summed E-state index contributed by atoms with van der Waals surface area (Å²) in [7, 11) is 1.52. The summed E-state index contributed by atoms with van der Waals surface area (Å²) >= 11 is 12.2. The van der Waals surface area contributed by atoms with E-state index in [0.717, 1.165) is 5.56 Å². The number of hydrogen-bond donors (Lipinski definition) is 1. The fraction of sp³-hybridized carbons (Fsp3) is 0.263. The van der Waals surface area contributed by atoms with Crippen molar-refractivity contribution < 1.29 is 14.3 Å². The average molecular weight is 393 g/mol. The minimum Gasteiger partial charge on any atom is -0.495 e. The Bertz CT molecular complexity index is 841. The van der Waals surface area contributed by atoms with Gasteiger partial charge in [-0.05, 0) is 29.8 Å². The molecule has 0 saturated carbocycles. The molecule has 1 aliphatic heterocycles. The highest BCUT2D eigenvalue weighted by Crippen LogP contribution is 2.28. The maximum Gasteiger partial charge on any atom is 0.229 e. The zero-order valence-electron chi connectivity index (χ0n) is 14.2. The number of hydrogen-bond acceptors (Lipinski definition) is 3. The van der Waals surface area contributed by atoms with Crippen LogP contribution < -0.4 is 10.1 Å². The van der Waals surface area contributed by atoms with Gasteiger partial charge in [-0.1, -0.05) is 41.4 Å². The highest BCUT2D eigenvalue weighted by Gasteiger charge is 2.34. The second kappa shape index (κ2) is 7.98. The standard InChI is InChI=1S/C19H18Cl2N2O3/c1-26-17-7-6-14(9-16(17)21)22-19(25)13-8-18(24)23(11-13)10-12-4-2-3-5-15(12)20/h2-7,9,13H,8,10-11H2,1H3,(H,22,25). The van der Waals surface area contributed by atoms with Crippen molar-refractivity contribution in [3.8, 4) is 5.75 Å². The fourth-order valence-electron chi connectivity index (χ4n) is 2.92. The van der Waals surface area contributed by atoms with Crippen molar-refractivity contribution in [3.05, 3.63) is 58.1 Å². The molecule has 0 bridgehead atoms. The van der Waals surface area contributed by atoms with E-state index in [1.165, 1.54) is 7.11 Å². The Labute approximate surface area is 161 Å². The van der Waals surface area contributed by atoms with E-state index in [-0.39, 0.29) is 18.2 Å². The number of nitrogens with one attached hydrogen (secondary N) is 1. The topological polar surface area (TPSA) is 58.6 Å². The van der Waals surface area contributed by atoms with E-state index in [1.54, 1.807) is 29.2 Å². The quantitative estimate of drug-likeness (QED) is 0.836. The van der Waals surface area contributed by atoms with E-state index in [0.29, 0.717) is 34.6 Å². The molecular weight excluding hydrogens is 375 g/mol. The van der Waals surface area contributed by atoms with Crippen molar-refractivity contribution in [3.63, 3.8) is 0 Å². The lowest BCUT2D eigenvalue weighted by Crippen LogP contribution is -2.28. The number of carbonyl (C=O) groups excluding carboxylic acids is 2. The van der Waals surface area contributed by atoms with Crippen molar-refractivity contribution in [2.75, 3.05) is 19.0 Å². The van der Waals surface area contributed by atoms with Crippen LogP contribution in [0.15, 0.2) is 42.5 Å². The summed E-state index contributed by atoms with van der Waals surface area (Å²) in [5, 5.41) is 3.83. The van der Waals surface area contributed by atoms with Crippen molar-refractivity contribution >= 4 is 40.7 Å². The number of rotatable bonds is 5. The Morgan fingerprint density at radius 2 is 2.00 bits per heavy atom. The summed E-state index contributed by atoms with van der Waals surface area (Å²) in [6.45, 7) is 0.760. The molecule has 2 amide bonds. The fourth-order valence-corrected chi connectivity index (χ4v) is 3.37. The second-order valence-corrected chi connectivity index (χ2v) is 6.92. The molecule has 1 saturated heterocycles. The zero-order valence-corrected chi connectivity index (χ0v) is 15.7. The Morgan fingerprint density at radius 1 is 1.23 bits per heavy atom. The summed E-state index contributed by atoms with van der Waals surface area (Å²) in [6, 6.07) is 12.4. The van der Waals surface area contributed by atoms with Gasteiger partial charge in [0.2, 0.25) is 11.8 Å². The summed E-state index contributed by atoms with van der Waals surface area (Å²) in [6.07, 6.45) is 0.181. The monoisotopic (exact) mass is 392 g/mol. The highest BCUT2D eigenvalue weighted by atomic mass is 35.5. The van der Waals surface area contributed by atoms with Crippen molar-refractivity contribution in [2.45, 2.75) is 13.0 Å². The van der Waals surface area contributed by atoms with Gasteiger partial charge < -0.3 is 15.0 Å². The van der Waals surface area contributed by atoms with Crippen molar-refractivity contribution in [1.29, 1.82) is 0 Å². The van der Waals surface area contributed by atoms with Gasteiger partial charge >= 0.3 is 0 Å². The number of methoxy groups -OCH3 is 1. The molecule has 0 radical (unpaired) electrons. The number of carbonyl (C=O) groups is 2. The first-order chi connectivity index (χ1) is 12.5. The van der Waals surface area contributed by atoms with Crippen LogP contribution in [0.4, 0.5) is 5.69 Å². The SMILES string of the molecule is COc1ccc(NC(=O)C2CC(=O)N(Cc3ccccc3Cl)C2)cc1Cl. The predicted molar refractivity (Wildman–Crippen MR) is 102 cm³/mol. The minimum absolute atomic E-state index is 0.0576. The lowest BCUT2D eigenvalue weighted by molar-refractivity contribution is -0.128. The molecule has 5 nitrogen and oxygen atoms in total. The van der Waals surface area contributed by atoms with Gasteiger partial charge in [0.1, 0.15) is 5.75 Å². The number of halogens is 2. The summed E-state index contributed by atoms with van der Waals surface area (Å²) in [5.41, 5.74) is 1.43. The van der Waals surface area contributed by atoms with Gasteiger partial charge in [0.25, 0.3) is 0 Å². The van der Waals surface area contributed by atoms with E-state index in [1.807, 2.05) is 18.2 Å². The highest BCUT2D eigenvalue weighted by molar-refractivity contribution is 6.32. The molecule has 3 rings (SSSR count). The van der Waals surface area contributed by atoms with Gasteiger partial charge in [-0.15, -0.1) is 0 Å². The first kappa shape index (κ1) is 18.5. The van der Waals surface area contributed by atoms with E-state index >= 15 is 0 Å². The molecule has 7 heteroatoms. The van der Waals surface area contributed by atoms with Gasteiger partial charge in [0.15, 0.2) is 0 Å². The number of likely N-dealkylation sites (tertiary alicyclic amines) is 1. The summed E-state index contributed by atoms with van der Waals surface area (Å²) in [4.78, 5) is 26.4. The number of amides is 2. The molecule has 0 aromatic heterocycles. The molecule has 2 aromatic rings. The first-order valence-electron chi connectivity index (χ1n) is 8.13. The molecule has 26 heavy (non-hydrogen) atoms. The van der Waals surface area contributed by atoms with E-state index < -0.39 is 5.92 Å². The van der Waals surface area contributed by atoms with Crippen LogP contribution in [0.1, 0.15) is 12.0 Å². The molecule has 0 aliphatic carbocycles. The third-order valence-corrected chi connectivity index (χ3v) is 4.99. The molecule has 1 N–H and O–H groups in total. The second-order valence-electron chi connectivity index (χ2n) is 6.11. The number of benzene rings is 2. The lowest BCUT2D eigenvalue weighted by atomic mass is 10.1. The van der Waals surface area contributed by atoms with Crippen LogP contribution >= 0.6 is 23.2 Å². The Balaban J connectivity index is 1.63. The predicted octanol–water partition coefficient (Wildman–Crippen LogP) is 3.99. The Kier molecular flexibility index (Phi) is 5.69. The number of nitrogens with zero attached hydrogens (tertiary/aromatic N) is 1.